The molecule has 2 atom stereocenters. The molecule has 1 N–H and O–H groups in total. The van der Waals surface area contributed by atoms with E-state index in [0.717, 1.165) is 25.0 Å². The van der Waals surface area contributed by atoms with Gasteiger partial charge in [-0.3, -0.25) is 0 Å². The number of piperidine rings is 1. The van der Waals surface area contributed by atoms with Gasteiger partial charge in [0, 0.05) is 30.9 Å². The molecule has 2 unspecified atom stereocenters. The van der Waals surface area contributed by atoms with Crippen molar-refractivity contribution in [1.82, 2.24) is 10.3 Å². The normalized spacial score (nSPS) is 25.4. The second-order valence-corrected chi connectivity index (χ2v) is 7.10. The molecule has 1 aliphatic carbocycles. The lowest BCUT2D eigenvalue weighted by Gasteiger charge is -2.39. The Labute approximate surface area is 129 Å². The van der Waals surface area contributed by atoms with Gasteiger partial charge in [0.25, 0.3) is 0 Å². The van der Waals surface area contributed by atoms with E-state index in [0.29, 0.717) is 5.92 Å². The lowest BCUT2D eigenvalue weighted by atomic mass is 9.91. The molecule has 1 saturated heterocycles. The van der Waals surface area contributed by atoms with E-state index in [4.69, 9.17) is 4.98 Å². The Hall–Kier alpha value is -1.09. The summed E-state index contributed by atoms with van der Waals surface area (Å²) in [5.74, 6) is 2.85. The van der Waals surface area contributed by atoms with Gasteiger partial charge in [0.05, 0.1) is 0 Å². The van der Waals surface area contributed by atoms with Crippen molar-refractivity contribution in [3.05, 3.63) is 23.9 Å². The Morgan fingerprint density at radius 2 is 2.14 bits per heavy atom. The van der Waals surface area contributed by atoms with Crippen LogP contribution in [0.4, 0.5) is 5.82 Å². The lowest BCUT2D eigenvalue weighted by molar-refractivity contribution is 0.359. The quantitative estimate of drug-likeness (QED) is 0.897. The van der Waals surface area contributed by atoms with Gasteiger partial charge in [0.15, 0.2) is 0 Å². The van der Waals surface area contributed by atoms with Gasteiger partial charge in [-0.1, -0.05) is 26.3 Å². The average Bonchev–Trinajstić information content (AvgIpc) is 2.96. The molecule has 0 amide bonds. The van der Waals surface area contributed by atoms with Crippen LogP contribution in [0.3, 0.4) is 0 Å². The molecule has 3 nitrogen and oxygen atoms in total. The second-order valence-electron chi connectivity index (χ2n) is 7.10. The van der Waals surface area contributed by atoms with E-state index < -0.39 is 0 Å². The summed E-state index contributed by atoms with van der Waals surface area (Å²) in [5, 5.41) is 3.57. The number of fused-ring (bicyclic) bond motifs is 1. The Balaban J connectivity index is 1.74. The fourth-order valence-corrected chi connectivity index (χ4v) is 4.04. The molecule has 2 fully saturated rings. The Kier molecular flexibility index (Phi) is 4.79. The SMILES string of the molecule is CC(C)CNCc1cccnc1N1CCCC2CCCC21. The third kappa shape index (κ3) is 3.39. The molecule has 3 rings (SSSR count). The number of nitrogens with one attached hydrogen (secondary N) is 1. The summed E-state index contributed by atoms with van der Waals surface area (Å²) in [6.07, 6.45) is 8.90. The maximum absolute atomic E-state index is 4.75. The first-order chi connectivity index (χ1) is 10.3. The minimum atomic E-state index is 0.694. The molecule has 1 aromatic heterocycles. The fourth-order valence-electron chi connectivity index (χ4n) is 4.04. The molecule has 1 aliphatic heterocycles. The van der Waals surface area contributed by atoms with E-state index in [-0.39, 0.29) is 0 Å². The van der Waals surface area contributed by atoms with Crippen molar-refractivity contribution in [2.75, 3.05) is 18.0 Å². The van der Waals surface area contributed by atoms with Crippen molar-refractivity contribution in [3.63, 3.8) is 0 Å². The van der Waals surface area contributed by atoms with Gasteiger partial charge in [-0.25, -0.2) is 4.98 Å². The number of pyridine rings is 1. The maximum atomic E-state index is 4.75. The van der Waals surface area contributed by atoms with Crippen molar-refractivity contribution in [2.24, 2.45) is 11.8 Å². The molecule has 0 radical (unpaired) electrons. The zero-order valence-electron chi connectivity index (χ0n) is 13.5. The van der Waals surface area contributed by atoms with Crippen molar-refractivity contribution in [3.8, 4) is 0 Å². The summed E-state index contributed by atoms with van der Waals surface area (Å²) in [6.45, 7) is 7.71. The van der Waals surface area contributed by atoms with Crippen LogP contribution in [0.1, 0.15) is 51.5 Å². The van der Waals surface area contributed by atoms with Crippen molar-refractivity contribution >= 4 is 5.82 Å². The molecule has 1 aromatic rings. The standard InChI is InChI=1S/C18H29N3/c1-14(2)12-19-13-16-7-4-10-20-18(16)21-11-5-8-15-6-3-9-17(15)21/h4,7,10,14-15,17,19H,3,5-6,8-9,11-13H2,1-2H3. The van der Waals surface area contributed by atoms with E-state index in [1.165, 1.54) is 50.0 Å². The molecule has 0 spiro atoms. The zero-order chi connectivity index (χ0) is 14.7. The summed E-state index contributed by atoms with van der Waals surface area (Å²) in [4.78, 5) is 7.37. The third-order valence-corrected chi connectivity index (χ3v) is 5.00. The van der Waals surface area contributed by atoms with Crippen LogP contribution in [0.5, 0.6) is 0 Å². The van der Waals surface area contributed by atoms with Crippen LogP contribution < -0.4 is 10.2 Å². The maximum Gasteiger partial charge on any atom is 0.133 e. The first kappa shape index (κ1) is 14.8. The zero-order valence-corrected chi connectivity index (χ0v) is 13.5. The van der Waals surface area contributed by atoms with Crippen LogP contribution in [0.15, 0.2) is 18.3 Å². The highest BCUT2D eigenvalue weighted by Crippen LogP contribution is 2.39. The molecular formula is C18H29N3. The van der Waals surface area contributed by atoms with Gasteiger partial charge in [-0.15, -0.1) is 0 Å². The summed E-state index contributed by atoms with van der Waals surface area (Å²) < 4.78 is 0. The van der Waals surface area contributed by atoms with E-state index in [2.05, 4.69) is 36.2 Å². The topological polar surface area (TPSA) is 28.2 Å². The van der Waals surface area contributed by atoms with Crippen molar-refractivity contribution in [1.29, 1.82) is 0 Å². The molecule has 21 heavy (non-hydrogen) atoms. The summed E-state index contributed by atoms with van der Waals surface area (Å²) in [5.41, 5.74) is 1.37. The number of rotatable bonds is 5. The van der Waals surface area contributed by atoms with Crippen LogP contribution >= 0.6 is 0 Å². The predicted octanol–water partition coefficient (Wildman–Crippen LogP) is 3.60. The van der Waals surface area contributed by atoms with Crippen molar-refractivity contribution < 1.29 is 0 Å². The molecule has 0 bridgehead atoms. The van der Waals surface area contributed by atoms with Gasteiger partial charge in [-0.2, -0.15) is 0 Å². The molecular weight excluding hydrogens is 258 g/mol. The van der Waals surface area contributed by atoms with Gasteiger partial charge in [-0.05, 0) is 50.1 Å². The smallest absolute Gasteiger partial charge is 0.133 e. The Morgan fingerprint density at radius 3 is 3.00 bits per heavy atom. The minimum Gasteiger partial charge on any atom is -0.353 e. The van der Waals surface area contributed by atoms with E-state index in [9.17, 15) is 0 Å². The predicted molar refractivity (Wildman–Crippen MR) is 88.5 cm³/mol. The third-order valence-electron chi connectivity index (χ3n) is 5.00. The Morgan fingerprint density at radius 1 is 1.29 bits per heavy atom. The number of anilines is 1. The summed E-state index contributed by atoms with van der Waals surface area (Å²) >= 11 is 0. The highest BCUT2D eigenvalue weighted by atomic mass is 15.2. The van der Waals surface area contributed by atoms with E-state index in [1.54, 1.807) is 0 Å². The molecule has 2 aliphatic rings. The van der Waals surface area contributed by atoms with Crippen LogP contribution in [0.2, 0.25) is 0 Å². The van der Waals surface area contributed by atoms with Crippen molar-refractivity contribution in [2.45, 2.75) is 58.5 Å². The molecule has 3 heteroatoms. The lowest BCUT2D eigenvalue weighted by Crippen LogP contribution is -2.43. The van der Waals surface area contributed by atoms with E-state index >= 15 is 0 Å². The average molecular weight is 287 g/mol. The van der Waals surface area contributed by atoms with E-state index in [1.807, 2.05) is 6.20 Å². The molecule has 116 valence electrons. The fraction of sp³-hybridized carbons (Fsp3) is 0.722. The van der Waals surface area contributed by atoms with Gasteiger partial charge < -0.3 is 10.2 Å². The minimum absolute atomic E-state index is 0.694. The highest BCUT2D eigenvalue weighted by Gasteiger charge is 2.36. The largest absolute Gasteiger partial charge is 0.353 e. The number of nitrogens with zero attached hydrogens (tertiary/aromatic N) is 2. The summed E-state index contributed by atoms with van der Waals surface area (Å²) in [7, 11) is 0. The van der Waals surface area contributed by atoms with Crippen LogP contribution in [-0.2, 0) is 6.54 Å². The number of hydrogen-bond donors (Lipinski definition) is 1. The molecule has 1 saturated carbocycles. The van der Waals surface area contributed by atoms with Crippen LogP contribution in [0, 0.1) is 11.8 Å². The first-order valence-corrected chi connectivity index (χ1v) is 8.67. The van der Waals surface area contributed by atoms with Gasteiger partial charge in [0.1, 0.15) is 5.82 Å². The monoisotopic (exact) mass is 287 g/mol. The van der Waals surface area contributed by atoms with Crippen LogP contribution in [0.25, 0.3) is 0 Å². The number of aromatic nitrogens is 1. The Bertz CT molecular complexity index is 458. The second kappa shape index (κ2) is 6.78. The first-order valence-electron chi connectivity index (χ1n) is 8.67. The molecule has 0 aromatic carbocycles. The summed E-state index contributed by atoms with van der Waals surface area (Å²) in [6, 6.07) is 5.07. The highest BCUT2D eigenvalue weighted by molar-refractivity contribution is 5.48. The number of hydrogen-bond acceptors (Lipinski definition) is 3. The van der Waals surface area contributed by atoms with Crippen LogP contribution in [-0.4, -0.2) is 24.1 Å². The molecule has 2 heterocycles. The van der Waals surface area contributed by atoms with Gasteiger partial charge >= 0.3 is 0 Å². The van der Waals surface area contributed by atoms with Gasteiger partial charge in [0.2, 0.25) is 0 Å².